The molecule has 1 aromatic carbocycles. The fourth-order valence-electron chi connectivity index (χ4n) is 2.78. The zero-order chi connectivity index (χ0) is 16.0. The Kier molecular flexibility index (Phi) is 3.23. The van der Waals surface area contributed by atoms with E-state index >= 15 is 0 Å². The second kappa shape index (κ2) is 5.28. The molecule has 0 radical (unpaired) electrons. The van der Waals surface area contributed by atoms with Crippen LogP contribution in [0, 0.1) is 5.95 Å². The summed E-state index contributed by atoms with van der Waals surface area (Å²) in [7, 11) is 0. The maximum atomic E-state index is 14.5. The molecule has 0 bridgehead atoms. The smallest absolute Gasteiger partial charge is 0.222 e. The minimum absolute atomic E-state index is 0.287. The van der Waals surface area contributed by atoms with Crippen molar-refractivity contribution in [2.75, 3.05) is 0 Å². The van der Waals surface area contributed by atoms with Gasteiger partial charge in [0.2, 0.25) is 5.95 Å². The van der Waals surface area contributed by atoms with Gasteiger partial charge in [-0.1, -0.05) is 28.9 Å². The quantitative estimate of drug-likeness (QED) is 0.621. The molecule has 6 heteroatoms. The van der Waals surface area contributed by atoms with E-state index in [-0.39, 0.29) is 6.04 Å². The summed E-state index contributed by atoms with van der Waals surface area (Å²) < 4.78 is 19.9. The fourth-order valence-corrected chi connectivity index (χ4v) is 2.91. The van der Waals surface area contributed by atoms with E-state index in [4.69, 9.17) is 16.1 Å². The number of pyridine rings is 1. The topological polar surface area (TPSA) is 51.3 Å². The van der Waals surface area contributed by atoms with Crippen molar-refractivity contribution in [2.45, 2.75) is 13.0 Å². The van der Waals surface area contributed by atoms with Gasteiger partial charge in [0.1, 0.15) is 6.04 Å². The molecule has 2 aromatic heterocycles. The van der Waals surface area contributed by atoms with Crippen LogP contribution in [0.5, 0.6) is 0 Å². The lowest BCUT2D eigenvalue weighted by atomic mass is 9.96. The average molecular weight is 328 g/mol. The number of hydrogen-bond acceptors (Lipinski definition) is 4. The third kappa shape index (κ3) is 2.24. The van der Waals surface area contributed by atoms with Crippen molar-refractivity contribution in [3.63, 3.8) is 0 Å². The Morgan fingerprint density at radius 2 is 1.91 bits per heavy atom. The third-order valence-electron chi connectivity index (χ3n) is 3.85. The first-order valence-electron chi connectivity index (χ1n) is 7.08. The van der Waals surface area contributed by atoms with Gasteiger partial charge < -0.3 is 4.52 Å². The van der Waals surface area contributed by atoms with Crippen molar-refractivity contribution in [1.82, 2.24) is 10.1 Å². The van der Waals surface area contributed by atoms with Crippen LogP contribution in [0.1, 0.15) is 29.9 Å². The maximum Gasteiger partial charge on any atom is 0.222 e. The first kappa shape index (κ1) is 14.1. The van der Waals surface area contributed by atoms with Crippen molar-refractivity contribution < 1.29 is 8.91 Å². The van der Waals surface area contributed by atoms with Crippen LogP contribution in [0.15, 0.2) is 52.2 Å². The molecule has 23 heavy (non-hydrogen) atoms. The lowest BCUT2D eigenvalue weighted by molar-refractivity contribution is 0.369. The van der Waals surface area contributed by atoms with Gasteiger partial charge in [-0.2, -0.15) is 4.39 Å². The Morgan fingerprint density at radius 1 is 1.13 bits per heavy atom. The first-order chi connectivity index (χ1) is 11.1. The normalized spacial score (nSPS) is 16.3. The lowest BCUT2D eigenvalue weighted by Crippen LogP contribution is -2.09. The minimum atomic E-state index is -0.572. The Balaban J connectivity index is 2.03. The van der Waals surface area contributed by atoms with Crippen LogP contribution in [0.4, 0.5) is 4.39 Å². The van der Waals surface area contributed by atoms with Crippen LogP contribution >= 0.6 is 11.6 Å². The molecular weight excluding hydrogens is 317 g/mol. The number of hydrogen-bond donors (Lipinski definition) is 0. The van der Waals surface area contributed by atoms with E-state index in [1.54, 1.807) is 24.4 Å². The highest BCUT2D eigenvalue weighted by atomic mass is 35.5. The highest BCUT2D eigenvalue weighted by Gasteiger charge is 2.28. The molecule has 4 nitrogen and oxygen atoms in total. The van der Waals surface area contributed by atoms with Crippen molar-refractivity contribution >= 4 is 17.3 Å². The van der Waals surface area contributed by atoms with Crippen LogP contribution < -0.4 is 0 Å². The molecule has 0 amide bonds. The molecule has 0 N–H and O–H groups in total. The van der Waals surface area contributed by atoms with Crippen LogP contribution in [0.2, 0.25) is 5.02 Å². The summed E-state index contributed by atoms with van der Waals surface area (Å²) in [6, 6.07) is 8.59. The van der Waals surface area contributed by atoms with E-state index in [0.29, 0.717) is 27.6 Å². The second-order valence-electron chi connectivity index (χ2n) is 5.29. The van der Waals surface area contributed by atoms with Gasteiger partial charge in [0.05, 0.1) is 17.5 Å². The molecule has 0 saturated carbocycles. The highest BCUT2D eigenvalue weighted by Crippen LogP contribution is 2.37. The van der Waals surface area contributed by atoms with E-state index in [0.717, 1.165) is 11.1 Å². The van der Waals surface area contributed by atoms with Gasteiger partial charge in [0, 0.05) is 27.9 Å². The number of fused-ring (bicyclic) bond motifs is 3. The van der Waals surface area contributed by atoms with Gasteiger partial charge in [-0.15, -0.1) is 0 Å². The minimum Gasteiger partial charge on any atom is -0.358 e. The first-order valence-corrected chi connectivity index (χ1v) is 7.46. The van der Waals surface area contributed by atoms with Crippen LogP contribution in [-0.2, 0) is 0 Å². The lowest BCUT2D eigenvalue weighted by Gasteiger charge is -2.10. The fraction of sp³-hybridized carbons (Fsp3) is 0.118. The van der Waals surface area contributed by atoms with Crippen LogP contribution in [0.25, 0.3) is 11.1 Å². The predicted octanol–water partition coefficient (Wildman–Crippen LogP) is 4.44. The average Bonchev–Trinajstić information content (AvgIpc) is 2.99. The molecule has 0 spiro atoms. The molecule has 0 saturated heterocycles. The molecule has 3 aromatic rings. The van der Waals surface area contributed by atoms with Gasteiger partial charge in [-0.05, 0) is 25.1 Å². The van der Waals surface area contributed by atoms with Gasteiger partial charge in [0.15, 0.2) is 5.76 Å². The molecule has 1 unspecified atom stereocenters. The summed E-state index contributed by atoms with van der Waals surface area (Å²) >= 11 is 5.95. The number of halogens is 2. The summed E-state index contributed by atoms with van der Waals surface area (Å²) in [4.78, 5) is 8.44. The molecular formula is C17H11ClFN3O. The summed E-state index contributed by atoms with van der Waals surface area (Å²) in [6.45, 7) is 1.89. The van der Waals surface area contributed by atoms with Crippen LogP contribution in [0.3, 0.4) is 0 Å². The third-order valence-corrected chi connectivity index (χ3v) is 4.10. The van der Waals surface area contributed by atoms with Crippen molar-refractivity contribution in [2.24, 2.45) is 4.99 Å². The second-order valence-corrected chi connectivity index (χ2v) is 5.73. The molecule has 0 aliphatic carbocycles. The molecule has 1 aliphatic rings. The number of benzene rings is 1. The van der Waals surface area contributed by atoms with E-state index in [1.807, 2.05) is 19.1 Å². The largest absolute Gasteiger partial charge is 0.358 e. The van der Waals surface area contributed by atoms with Gasteiger partial charge in [-0.3, -0.25) is 4.99 Å². The number of rotatable bonds is 1. The molecule has 4 rings (SSSR count). The Hall–Kier alpha value is -2.53. The number of nitrogens with zero attached hydrogens (tertiary/aromatic N) is 3. The van der Waals surface area contributed by atoms with Gasteiger partial charge in [-0.25, -0.2) is 4.98 Å². The summed E-state index contributed by atoms with van der Waals surface area (Å²) in [6.07, 6.45) is 3.02. The summed E-state index contributed by atoms with van der Waals surface area (Å²) in [5.41, 5.74) is 3.06. The predicted molar refractivity (Wildman–Crippen MR) is 85.2 cm³/mol. The van der Waals surface area contributed by atoms with Crippen LogP contribution in [-0.4, -0.2) is 15.9 Å². The Morgan fingerprint density at radius 3 is 2.70 bits per heavy atom. The maximum absolute atomic E-state index is 14.5. The Bertz CT molecular complexity index is 918. The zero-order valence-corrected chi connectivity index (χ0v) is 12.9. The SMILES string of the molecule is CC1N=C(c2ccc(Cl)cc2)c2c(ccnc2F)-c2cnoc21. The van der Waals surface area contributed by atoms with Gasteiger partial charge in [0.25, 0.3) is 0 Å². The van der Waals surface area contributed by atoms with E-state index in [2.05, 4.69) is 15.1 Å². The van der Waals surface area contributed by atoms with Crippen molar-refractivity contribution in [3.05, 3.63) is 70.6 Å². The summed E-state index contributed by atoms with van der Waals surface area (Å²) in [5.74, 6) is 0.0401. The molecule has 1 atom stereocenters. The molecule has 3 heterocycles. The highest BCUT2D eigenvalue weighted by molar-refractivity contribution is 6.30. The number of aliphatic imine (C=N–C) groups is 1. The molecule has 1 aliphatic heterocycles. The van der Waals surface area contributed by atoms with E-state index in [1.165, 1.54) is 6.20 Å². The molecule has 0 fully saturated rings. The Labute approximate surface area is 136 Å². The monoisotopic (exact) mass is 327 g/mol. The van der Waals surface area contributed by atoms with E-state index in [9.17, 15) is 4.39 Å². The van der Waals surface area contributed by atoms with Gasteiger partial charge >= 0.3 is 0 Å². The summed E-state index contributed by atoms with van der Waals surface area (Å²) in [5, 5.41) is 4.44. The zero-order valence-electron chi connectivity index (χ0n) is 12.1. The van der Waals surface area contributed by atoms with Crippen molar-refractivity contribution in [3.8, 4) is 11.1 Å². The number of aromatic nitrogens is 2. The standard InChI is InChI=1S/C17H11ClFN3O/c1-9-16-13(8-21-23-16)12-6-7-20-17(19)14(12)15(22-9)10-2-4-11(18)5-3-10/h2-9H,1H3. The van der Waals surface area contributed by atoms with Crippen molar-refractivity contribution in [1.29, 1.82) is 0 Å². The molecule has 114 valence electrons. The van der Waals surface area contributed by atoms with E-state index < -0.39 is 5.95 Å².